The lowest BCUT2D eigenvalue weighted by Gasteiger charge is -2.15. The number of aromatic nitrogens is 6. The molecule has 0 spiro atoms. The molecule has 0 saturated carbocycles. The zero-order valence-electron chi connectivity index (χ0n) is 24.4. The summed E-state index contributed by atoms with van der Waals surface area (Å²) in [7, 11) is -1.22. The molecule has 0 bridgehead atoms. The predicted octanol–water partition coefficient (Wildman–Crippen LogP) is 6.28. The molecule has 11 heteroatoms. The van der Waals surface area contributed by atoms with E-state index >= 15 is 0 Å². The third kappa shape index (κ3) is 7.17. The molecule has 216 valence electrons. The number of carbonyl (C=O) groups excluding carboxylic acids is 1. The average molecular weight is 582 g/mol. The molecule has 0 aliphatic rings. The van der Waals surface area contributed by atoms with Crippen molar-refractivity contribution in [1.29, 1.82) is 0 Å². The summed E-state index contributed by atoms with van der Waals surface area (Å²) in [6.07, 6.45) is 8.62. The molecule has 0 radical (unpaired) electrons. The van der Waals surface area contributed by atoms with Gasteiger partial charge in [0.05, 0.1) is 24.1 Å². The zero-order chi connectivity index (χ0) is 29.7. The fourth-order valence-electron chi connectivity index (χ4n) is 4.39. The molecule has 42 heavy (non-hydrogen) atoms. The lowest BCUT2D eigenvalue weighted by molar-refractivity contribution is -0.111. The SMILES string of the molecule is C=CC(=O)Nc1cccc(Oc2cnc3c(n2)c(-c2cn(Cc4ccccn4)nc2C)cn3COCC[Si](C)(C)C)c1. The topological polar surface area (TPSA) is 109 Å². The number of ether oxygens (including phenoxy) is 2. The van der Waals surface area contributed by atoms with E-state index in [1.807, 2.05) is 46.8 Å². The van der Waals surface area contributed by atoms with Gasteiger partial charge in [-0.1, -0.05) is 38.4 Å². The number of aryl methyl sites for hydroxylation is 1. The Morgan fingerprint density at radius 2 is 1.95 bits per heavy atom. The number of benzene rings is 1. The number of fused-ring (bicyclic) bond motifs is 1. The number of nitrogens with one attached hydrogen (secondary N) is 1. The molecule has 0 aliphatic carbocycles. The predicted molar refractivity (Wildman–Crippen MR) is 166 cm³/mol. The van der Waals surface area contributed by atoms with Crippen LogP contribution in [0.25, 0.3) is 22.3 Å². The Hall–Kier alpha value is -4.61. The molecule has 0 fully saturated rings. The van der Waals surface area contributed by atoms with Crippen LogP contribution in [-0.2, 0) is 22.8 Å². The van der Waals surface area contributed by atoms with Gasteiger partial charge in [-0.25, -0.2) is 9.97 Å². The zero-order valence-corrected chi connectivity index (χ0v) is 25.4. The highest BCUT2D eigenvalue weighted by molar-refractivity contribution is 6.76. The van der Waals surface area contributed by atoms with Crippen LogP contribution >= 0.6 is 0 Å². The molecule has 0 unspecified atom stereocenters. The maximum Gasteiger partial charge on any atom is 0.247 e. The lowest BCUT2D eigenvalue weighted by Crippen LogP contribution is -2.22. The third-order valence-corrected chi connectivity index (χ3v) is 8.27. The Bertz CT molecular complexity index is 1710. The van der Waals surface area contributed by atoms with E-state index in [9.17, 15) is 4.79 Å². The summed E-state index contributed by atoms with van der Waals surface area (Å²) in [5, 5.41) is 7.49. The first-order chi connectivity index (χ1) is 20.2. The first kappa shape index (κ1) is 28.9. The van der Waals surface area contributed by atoms with Crippen molar-refractivity contribution in [2.75, 3.05) is 11.9 Å². The molecule has 1 aromatic carbocycles. The number of rotatable bonds is 12. The van der Waals surface area contributed by atoms with Crippen LogP contribution in [0.5, 0.6) is 11.6 Å². The van der Waals surface area contributed by atoms with E-state index in [-0.39, 0.29) is 5.91 Å². The number of pyridine rings is 1. The van der Waals surface area contributed by atoms with Gasteiger partial charge in [0.15, 0.2) is 5.65 Å². The van der Waals surface area contributed by atoms with Crippen LogP contribution < -0.4 is 10.1 Å². The van der Waals surface area contributed by atoms with Crippen molar-refractivity contribution in [3.63, 3.8) is 0 Å². The minimum Gasteiger partial charge on any atom is -0.437 e. The van der Waals surface area contributed by atoms with Gasteiger partial charge in [0.2, 0.25) is 11.8 Å². The van der Waals surface area contributed by atoms with E-state index in [2.05, 4.69) is 36.5 Å². The monoisotopic (exact) mass is 581 g/mol. The van der Waals surface area contributed by atoms with Crippen molar-refractivity contribution in [2.45, 2.75) is 45.9 Å². The third-order valence-electron chi connectivity index (χ3n) is 6.57. The second kappa shape index (κ2) is 12.5. The maximum absolute atomic E-state index is 11.7. The van der Waals surface area contributed by atoms with Gasteiger partial charge in [0, 0.05) is 56.2 Å². The number of hydrogen-bond acceptors (Lipinski definition) is 7. The Morgan fingerprint density at radius 3 is 2.71 bits per heavy atom. The molecular weight excluding hydrogens is 546 g/mol. The highest BCUT2D eigenvalue weighted by Crippen LogP contribution is 2.33. The number of carbonyl (C=O) groups is 1. The van der Waals surface area contributed by atoms with Gasteiger partial charge in [0.1, 0.15) is 18.0 Å². The van der Waals surface area contributed by atoms with Crippen molar-refractivity contribution in [1.82, 2.24) is 29.3 Å². The van der Waals surface area contributed by atoms with Crippen LogP contribution in [-0.4, -0.2) is 49.9 Å². The molecule has 0 atom stereocenters. The summed E-state index contributed by atoms with van der Waals surface area (Å²) in [5.41, 5.74) is 5.57. The fourth-order valence-corrected chi connectivity index (χ4v) is 5.15. The molecule has 5 rings (SSSR count). The van der Waals surface area contributed by atoms with Crippen LogP contribution in [0, 0.1) is 6.92 Å². The lowest BCUT2D eigenvalue weighted by atomic mass is 10.1. The van der Waals surface area contributed by atoms with Gasteiger partial charge in [0.25, 0.3) is 0 Å². The smallest absolute Gasteiger partial charge is 0.247 e. The Labute approximate surface area is 246 Å². The first-order valence-corrected chi connectivity index (χ1v) is 17.5. The highest BCUT2D eigenvalue weighted by Gasteiger charge is 2.19. The number of anilines is 1. The largest absolute Gasteiger partial charge is 0.437 e. The molecule has 1 N–H and O–H groups in total. The second-order valence-corrected chi connectivity index (χ2v) is 16.8. The Balaban J connectivity index is 1.47. The molecule has 4 aromatic heterocycles. The van der Waals surface area contributed by atoms with Crippen LogP contribution in [0.1, 0.15) is 11.4 Å². The maximum atomic E-state index is 11.7. The first-order valence-electron chi connectivity index (χ1n) is 13.8. The van der Waals surface area contributed by atoms with Gasteiger partial charge < -0.3 is 19.4 Å². The van der Waals surface area contributed by atoms with E-state index in [0.29, 0.717) is 48.4 Å². The van der Waals surface area contributed by atoms with Crippen LogP contribution in [0.3, 0.4) is 0 Å². The molecule has 10 nitrogen and oxygen atoms in total. The average Bonchev–Trinajstić information content (AvgIpc) is 3.50. The van der Waals surface area contributed by atoms with Crippen molar-refractivity contribution in [2.24, 2.45) is 0 Å². The van der Waals surface area contributed by atoms with Gasteiger partial charge in [-0.15, -0.1) is 0 Å². The van der Waals surface area contributed by atoms with Crippen molar-refractivity contribution < 1.29 is 14.3 Å². The summed E-state index contributed by atoms with van der Waals surface area (Å²) in [6.45, 7) is 14.1. The van der Waals surface area contributed by atoms with Crippen molar-refractivity contribution in [3.8, 4) is 22.8 Å². The van der Waals surface area contributed by atoms with Gasteiger partial charge >= 0.3 is 0 Å². The number of nitrogens with zero attached hydrogens (tertiary/aromatic N) is 6. The Morgan fingerprint density at radius 1 is 1.10 bits per heavy atom. The number of hydrogen-bond donors (Lipinski definition) is 1. The fraction of sp³-hybridized carbons (Fsp3) is 0.258. The van der Waals surface area contributed by atoms with Gasteiger partial charge in [-0.3, -0.25) is 14.5 Å². The number of amides is 1. The van der Waals surface area contributed by atoms with E-state index in [1.54, 1.807) is 36.7 Å². The molecule has 5 aromatic rings. The van der Waals surface area contributed by atoms with Crippen molar-refractivity contribution >= 4 is 30.8 Å². The molecule has 0 saturated heterocycles. The quantitative estimate of drug-likeness (QED) is 0.105. The molecule has 0 aliphatic heterocycles. The summed E-state index contributed by atoms with van der Waals surface area (Å²) >= 11 is 0. The summed E-state index contributed by atoms with van der Waals surface area (Å²) in [4.78, 5) is 25.8. The minimum absolute atomic E-state index is 0.301. The summed E-state index contributed by atoms with van der Waals surface area (Å²) in [5.74, 6) is 0.540. The summed E-state index contributed by atoms with van der Waals surface area (Å²) in [6, 6.07) is 14.0. The molecule has 1 amide bonds. The van der Waals surface area contributed by atoms with Gasteiger partial charge in [-0.2, -0.15) is 5.10 Å². The van der Waals surface area contributed by atoms with Crippen LogP contribution in [0.4, 0.5) is 5.69 Å². The standard InChI is InChI=1S/C31H35N7O3Si/c1-6-28(39)34-23-11-9-12-25(16-23)41-29-17-33-31-30(35-29)27(19-37(31)21-40-14-15-42(3,4)5)26-20-38(36-22(26)2)18-24-10-7-8-13-32-24/h6-13,16-17,19-20H,1,14-15,18,21H2,2-5H3,(H,34,39). The van der Waals surface area contributed by atoms with E-state index in [0.717, 1.165) is 28.6 Å². The van der Waals surface area contributed by atoms with Gasteiger partial charge in [-0.05, 0) is 43.3 Å². The normalized spacial score (nSPS) is 11.5. The molecular formula is C31H35N7O3Si. The van der Waals surface area contributed by atoms with E-state index in [1.165, 1.54) is 6.08 Å². The van der Waals surface area contributed by atoms with Crippen LogP contribution in [0.15, 0.2) is 79.9 Å². The van der Waals surface area contributed by atoms with E-state index in [4.69, 9.17) is 24.5 Å². The van der Waals surface area contributed by atoms with E-state index < -0.39 is 8.07 Å². The van der Waals surface area contributed by atoms with Crippen LogP contribution in [0.2, 0.25) is 25.7 Å². The van der Waals surface area contributed by atoms with Crippen molar-refractivity contribution in [3.05, 3.63) is 91.3 Å². The second-order valence-electron chi connectivity index (χ2n) is 11.2. The summed E-state index contributed by atoms with van der Waals surface area (Å²) < 4.78 is 16.0. The highest BCUT2D eigenvalue weighted by atomic mass is 28.3. The Kier molecular flexibility index (Phi) is 8.60. The minimum atomic E-state index is -1.22. The molecule has 4 heterocycles.